The monoisotopic (exact) mass is 594 g/mol. The molecule has 4 aromatic rings. The summed E-state index contributed by atoms with van der Waals surface area (Å²) >= 11 is 0. The Morgan fingerprint density at radius 2 is 1.77 bits per heavy atom. The summed E-state index contributed by atoms with van der Waals surface area (Å²) in [6.07, 6.45) is -0.824. The molecule has 2 heterocycles. The number of carbonyl (C=O) groups is 2. The van der Waals surface area contributed by atoms with Crippen LogP contribution in [0.25, 0.3) is 10.9 Å². The fourth-order valence-electron chi connectivity index (χ4n) is 5.29. The van der Waals surface area contributed by atoms with Gasteiger partial charge in [0.25, 0.3) is 11.8 Å². The number of aryl methyl sites for hydroxylation is 1. The molecule has 3 aromatic carbocycles. The van der Waals surface area contributed by atoms with Crippen molar-refractivity contribution >= 4 is 22.7 Å². The molecular weight excluding hydrogens is 561 g/mol. The minimum atomic E-state index is -4.46. The number of likely N-dealkylation sites (tertiary alicyclic amines) is 1. The van der Waals surface area contributed by atoms with Gasteiger partial charge in [-0.15, -0.1) is 0 Å². The molecule has 1 fully saturated rings. The molecule has 5 rings (SSSR count). The molecular formula is C32H33F3N4O4. The molecule has 0 radical (unpaired) electrons. The predicted molar refractivity (Wildman–Crippen MR) is 155 cm³/mol. The summed E-state index contributed by atoms with van der Waals surface area (Å²) in [5, 5.41) is 8.51. The molecule has 1 saturated heterocycles. The lowest BCUT2D eigenvalue weighted by atomic mass is 9.96. The largest absolute Gasteiger partial charge is 0.457 e. The molecule has 43 heavy (non-hydrogen) atoms. The van der Waals surface area contributed by atoms with Crippen LogP contribution in [0.15, 0.2) is 66.9 Å². The number of aromatic nitrogens is 2. The van der Waals surface area contributed by atoms with Crippen LogP contribution in [0.3, 0.4) is 0 Å². The average molecular weight is 595 g/mol. The SMILES string of the molecule is COCCNC(=O)c1ccc2nn(CC3CCN(C(=O)c4ccc(Oc5cccc(C(F)(F)F)c5)cc4)CC3)cc2c1C. The molecule has 1 aromatic heterocycles. The first-order valence-electron chi connectivity index (χ1n) is 14.1. The second-order valence-corrected chi connectivity index (χ2v) is 10.7. The van der Waals surface area contributed by atoms with Gasteiger partial charge in [0.2, 0.25) is 0 Å². The Hall–Kier alpha value is -4.38. The highest BCUT2D eigenvalue weighted by Gasteiger charge is 2.30. The molecule has 1 N–H and O–H groups in total. The number of alkyl halides is 3. The topological polar surface area (TPSA) is 85.7 Å². The summed E-state index contributed by atoms with van der Waals surface area (Å²) in [5.74, 6) is 0.522. The standard InChI is InChI=1S/C32H33F3N4O4/c1-21-27(30(40)36-14-17-42-2)10-11-29-28(21)20-39(37-29)19-22-12-15-38(16-13-22)31(41)23-6-8-25(9-7-23)43-26-5-3-4-24(18-26)32(33,34)35/h3-11,18,20,22H,12-17,19H2,1-2H3,(H,36,40). The molecule has 2 amide bonds. The van der Waals surface area contributed by atoms with Crippen molar-refractivity contribution in [1.82, 2.24) is 20.0 Å². The summed E-state index contributed by atoms with van der Waals surface area (Å²) in [7, 11) is 1.59. The van der Waals surface area contributed by atoms with E-state index in [4.69, 9.17) is 14.6 Å². The molecule has 1 aliphatic heterocycles. The van der Waals surface area contributed by atoms with Gasteiger partial charge in [0.1, 0.15) is 11.5 Å². The van der Waals surface area contributed by atoms with E-state index < -0.39 is 11.7 Å². The summed E-state index contributed by atoms with van der Waals surface area (Å²) < 4.78 is 51.4. The molecule has 0 saturated carbocycles. The van der Waals surface area contributed by atoms with Gasteiger partial charge in [-0.05, 0) is 85.8 Å². The van der Waals surface area contributed by atoms with Gasteiger partial charge < -0.3 is 19.7 Å². The van der Waals surface area contributed by atoms with Gasteiger partial charge in [-0.25, -0.2) is 0 Å². The number of halogens is 3. The Kier molecular flexibility index (Phi) is 9.00. The van der Waals surface area contributed by atoms with Crippen molar-refractivity contribution in [3.8, 4) is 11.5 Å². The highest BCUT2D eigenvalue weighted by atomic mass is 19.4. The van der Waals surface area contributed by atoms with Crippen LogP contribution < -0.4 is 10.1 Å². The third-order valence-electron chi connectivity index (χ3n) is 7.69. The molecule has 0 unspecified atom stereocenters. The zero-order valence-corrected chi connectivity index (χ0v) is 24.0. The first-order chi connectivity index (χ1) is 20.6. The fourth-order valence-corrected chi connectivity index (χ4v) is 5.29. The first kappa shape index (κ1) is 30.1. The maximum Gasteiger partial charge on any atom is 0.416 e. The van der Waals surface area contributed by atoms with Crippen molar-refractivity contribution < 1.29 is 32.2 Å². The Morgan fingerprint density at radius 1 is 1.02 bits per heavy atom. The van der Waals surface area contributed by atoms with E-state index in [1.165, 1.54) is 12.1 Å². The smallest absolute Gasteiger partial charge is 0.416 e. The normalized spacial score (nSPS) is 14.2. The van der Waals surface area contributed by atoms with Crippen molar-refractivity contribution in [2.24, 2.45) is 5.92 Å². The minimum Gasteiger partial charge on any atom is -0.457 e. The number of benzene rings is 3. The van der Waals surface area contributed by atoms with Gasteiger partial charge in [0.15, 0.2) is 0 Å². The van der Waals surface area contributed by atoms with Gasteiger partial charge in [-0.1, -0.05) is 6.07 Å². The minimum absolute atomic E-state index is 0.0695. The van der Waals surface area contributed by atoms with Gasteiger partial charge in [-0.2, -0.15) is 18.3 Å². The number of ether oxygens (including phenoxy) is 2. The maximum atomic E-state index is 13.1. The van der Waals surface area contributed by atoms with Gasteiger partial charge >= 0.3 is 6.18 Å². The van der Waals surface area contributed by atoms with Crippen LogP contribution in [0.4, 0.5) is 13.2 Å². The molecule has 0 spiro atoms. The van der Waals surface area contributed by atoms with E-state index in [9.17, 15) is 22.8 Å². The second kappa shape index (κ2) is 12.9. The summed E-state index contributed by atoms with van der Waals surface area (Å²) in [4.78, 5) is 27.5. The quantitative estimate of drug-likeness (QED) is 0.237. The van der Waals surface area contributed by atoms with Crippen molar-refractivity contribution in [2.75, 3.05) is 33.4 Å². The number of methoxy groups -OCH3 is 1. The van der Waals surface area contributed by atoms with E-state index in [-0.39, 0.29) is 17.6 Å². The van der Waals surface area contributed by atoms with E-state index in [1.807, 2.05) is 28.8 Å². The lowest BCUT2D eigenvalue weighted by molar-refractivity contribution is -0.137. The molecule has 11 heteroatoms. The van der Waals surface area contributed by atoms with Crippen LogP contribution in [0, 0.1) is 12.8 Å². The zero-order chi connectivity index (χ0) is 30.6. The number of fused-ring (bicyclic) bond motifs is 1. The maximum absolute atomic E-state index is 13.1. The molecule has 226 valence electrons. The third-order valence-corrected chi connectivity index (χ3v) is 7.69. The third kappa shape index (κ3) is 7.16. The van der Waals surface area contributed by atoms with Crippen LogP contribution >= 0.6 is 0 Å². The van der Waals surface area contributed by atoms with E-state index in [2.05, 4.69) is 5.32 Å². The highest BCUT2D eigenvalue weighted by molar-refractivity contribution is 6.00. The summed E-state index contributed by atoms with van der Waals surface area (Å²) in [6, 6.07) is 14.7. The Labute approximate surface area is 247 Å². The number of hydrogen-bond donors (Lipinski definition) is 1. The summed E-state index contributed by atoms with van der Waals surface area (Å²) in [5.41, 5.74) is 2.03. The molecule has 1 aliphatic rings. The van der Waals surface area contributed by atoms with Crippen molar-refractivity contribution in [1.29, 1.82) is 0 Å². The van der Waals surface area contributed by atoms with Crippen molar-refractivity contribution in [3.63, 3.8) is 0 Å². The Balaban J connectivity index is 1.15. The summed E-state index contributed by atoms with van der Waals surface area (Å²) in [6.45, 7) is 4.75. The van der Waals surface area contributed by atoms with Crippen LogP contribution in [0.5, 0.6) is 11.5 Å². The number of hydrogen-bond acceptors (Lipinski definition) is 5. The predicted octanol–water partition coefficient (Wildman–Crippen LogP) is 6.08. The number of nitrogens with one attached hydrogen (secondary N) is 1. The van der Waals surface area contributed by atoms with Crippen molar-refractivity contribution in [2.45, 2.75) is 32.5 Å². The zero-order valence-electron chi connectivity index (χ0n) is 24.0. The van der Waals surface area contributed by atoms with E-state index in [0.717, 1.165) is 41.4 Å². The van der Waals surface area contributed by atoms with Gasteiger partial charge in [0, 0.05) is 56.0 Å². The highest BCUT2D eigenvalue weighted by Crippen LogP contribution is 2.33. The van der Waals surface area contributed by atoms with Gasteiger partial charge in [0.05, 0.1) is 17.7 Å². The Bertz CT molecular complexity index is 1590. The number of carbonyl (C=O) groups excluding carboxylic acids is 2. The fraction of sp³-hybridized carbons (Fsp3) is 0.344. The van der Waals surface area contributed by atoms with Crippen LogP contribution in [0.1, 0.15) is 44.7 Å². The second-order valence-electron chi connectivity index (χ2n) is 10.7. The lowest BCUT2D eigenvalue weighted by Gasteiger charge is -2.32. The van der Waals surface area contributed by atoms with E-state index in [1.54, 1.807) is 37.4 Å². The van der Waals surface area contributed by atoms with Crippen LogP contribution in [-0.2, 0) is 17.5 Å². The number of rotatable bonds is 9. The number of amides is 2. The van der Waals surface area contributed by atoms with Crippen LogP contribution in [-0.4, -0.2) is 59.8 Å². The van der Waals surface area contributed by atoms with Gasteiger partial charge in [-0.3, -0.25) is 14.3 Å². The first-order valence-corrected chi connectivity index (χ1v) is 14.1. The molecule has 0 atom stereocenters. The average Bonchev–Trinajstić information content (AvgIpc) is 3.41. The molecule has 0 bridgehead atoms. The van der Waals surface area contributed by atoms with Crippen molar-refractivity contribution in [3.05, 3.63) is 89.1 Å². The number of piperidine rings is 1. The van der Waals surface area contributed by atoms with E-state index >= 15 is 0 Å². The van der Waals surface area contributed by atoms with Crippen LogP contribution in [0.2, 0.25) is 0 Å². The Morgan fingerprint density at radius 3 is 2.47 bits per heavy atom. The lowest BCUT2D eigenvalue weighted by Crippen LogP contribution is -2.39. The van der Waals surface area contributed by atoms with E-state index in [0.29, 0.717) is 55.6 Å². The number of nitrogens with zero attached hydrogens (tertiary/aromatic N) is 3. The molecule has 8 nitrogen and oxygen atoms in total. The molecule has 0 aliphatic carbocycles.